The Labute approximate surface area is 167 Å². The number of nitrogens with zero attached hydrogens (tertiary/aromatic N) is 2. The fourth-order valence-corrected chi connectivity index (χ4v) is 4.34. The molecule has 1 amide bonds. The molecule has 28 heavy (non-hydrogen) atoms. The first-order valence-corrected chi connectivity index (χ1v) is 9.97. The van der Waals surface area contributed by atoms with Gasteiger partial charge in [0.05, 0.1) is 30.0 Å². The summed E-state index contributed by atoms with van der Waals surface area (Å²) < 4.78 is 10.6. The van der Waals surface area contributed by atoms with E-state index in [2.05, 4.69) is 20.6 Å². The van der Waals surface area contributed by atoms with Crippen LogP contribution in [-0.2, 0) is 11.3 Å². The van der Waals surface area contributed by atoms with E-state index in [0.717, 1.165) is 39.3 Å². The highest BCUT2D eigenvalue weighted by Crippen LogP contribution is 2.33. The number of aryl methyl sites for hydroxylation is 1. The van der Waals surface area contributed by atoms with Gasteiger partial charge in [-0.2, -0.15) is 0 Å². The molecule has 0 bridgehead atoms. The molecule has 0 unspecified atom stereocenters. The van der Waals surface area contributed by atoms with Gasteiger partial charge < -0.3 is 20.1 Å². The topological polar surface area (TPSA) is 85.4 Å². The number of amides is 1. The van der Waals surface area contributed by atoms with E-state index in [1.165, 1.54) is 17.7 Å². The zero-order valence-electron chi connectivity index (χ0n) is 15.8. The van der Waals surface area contributed by atoms with Gasteiger partial charge >= 0.3 is 0 Å². The van der Waals surface area contributed by atoms with Gasteiger partial charge in [-0.1, -0.05) is 12.1 Å². The molecule has 1 aromatic carbocycles. The number of hydrogen-bond donors (Lipinski definition) is 2. The minimum Gasteiger partial charge on any atom is -0.497 e. The summed E-state index contributed by atoms with van der Waals surface area (Å²) >= 11 is 1.39. The summed E-state index contributed by atoms with van der Waals surface area (Å²) in [6, 6.07) is 7.95. The number of rotatable bonds is 6. The van der Waals surface area contributed by atoms with Crippen LogP contribution in [0.3, 0.4) is 0 Å². The van der Waals surface area contributed by atoms with Crippen molar-refractivity contribution in [3.05, 3.63) is 46.6 Å². The van der Waals surface area contributed by atoms with Crippen molar-refractivity contribution in [2.24, 2.45) is 0 Å². The molecule has 0 spiro atoms. The van der Waals surface area contributed by atoms with Crippen LogP contribution in [0.15, 0.2) is 30.6 Å². The SMILES string of the molecule is COc1cccc(CNc2ncnc3sc(C(=O)N[C@H]4CCOC4)c(C)c23)c1. The zero-order valence-corrected chi connectivity index (χ0v) is 16.6. The quantitative estimate of drug-likeness (QED) is 0.664. The Morgan fingerprint density at radius 1 is 1.39 bits per heavy atom. The first kappa shape index (κ1) is 18.6. The average Bonchev–Trinajstić information content (AvgIpc) is 3.34. The number of thiophene rings is 1. The third kappa shape index (κ3) is 3.79. The van der Waals surface area contributed by atoms with Crippen LogP contribution < -0.4 is 15.4 Å². The van der Waals surface area contributed by atoms with E-state index < -0.39 is 0 Å². The van der Waals surface area contributed by atoms with Crippen LogP contribution in [0.4, 0.5) is 5.82 Å². The van der Waals surface area contributed by atoms with Gasteiger partial charge in [0, 0.05) is 13.2 Å². The number of ether oxygens (including phenoxy) is 2. The van der Waals surface area contributed by atoms with Crippen molar-refractivity contribution in [3.8, 4) is 5.75 Å². The van der Waals surface area contributed by atoms with Crippen molar-refractivity contribution >= 4 is 33.3 Å². The lowest BCUT2D eigenvalue weighted by Crippen LogP contribution is -2.34. The summed E-state index contributed by atoms with van der Waals surface area (Å²) in [7, 11) is 1.65. The Bertz CT molecular complexity index is 998. The Kier molecular flexibility index (Phi) is 5.40. The number of methoxy groups -OCH3 is 1. The summed E-state index contributed by atoms with van der Waals surface area (Å²) in [6.45, 7) is 3.81. The van der Waals surface area contributed by atoms with Crippen molar-refractivity contribution in [2.45, 2.75) is 25.9 Å². The normalized spacial score (nSPS) is 16.3. The van der Waals surface area contributed by atoms with E-state index in [-0.39, 0.29) is 11.9 Å². The monoisotopic (exact) mass is 398 g/mol. The summed E-state index contributed by atoms with van der Waals surface area (Å²) in [5, 5.41) is 7.31. The lowest BCUT2D eigenvalue weighted by Gasteiger charge is -2.10. The minimum atomic E-state index is -0.0743. The van der Waals surface area contributed by atoms with Crippen molar-refractivity contribution in [3.63, 3.8) is 0 Å². The number of aromatic nitrogens is 2. The molecule has 1 aliphatic heterocycles. The lowest BCUT2D eigenvalue weighted by atomic mass is 10.1. The molecule has 0 aliphatic carbocycles. The average molecular weight is 398 g/mol. The van der Waals surface area contributed by atoms with Crippen LogP contribution in [0, 0.1) is 6.92 Å². The molecule has 1 fully saturated rings. The van der Waals surface area contributed by atoms with E-state index in [0.29, 0.717) is 24.6 Å². The largest absolute Gasteiger partial charge is 0.497 e. The molecule has 3 aromatic rings. The number of benzene rings is 1. The highest BCUT2D eigenvalue weighted by Gasteiger charge is 2.23. The number of fused-ring (bicyclic) bond motifs is 1. The van der Waals surface area contributed by atoms with Gasteiger partial charge in [0.25, 0.3) is 5.91 Å². The van der Waals surface area contributed by atoms with E-state index in [9.17, 15) is 4.79 Å². The van der Waals surface area contributed by atoms with Gasteiger partial charge in [-0.05, 0) is 36.6 Å². The maximum Gasteiger partial charge on any atom is 0.262 e. The lowest BCUT2D eigenvalue weighted by molar-refractivity contribution is 0.0933. The molecule has 1 atom stereocenters. The van der Waals surface area contributed by atoms with E-state index >= 15 is 0 Å². The molecular weight excluding hydrogens is 376 g/mol. The number of hydrogen-bond acceptors (Lipinski definition) is 7. The molecule has 3 heterocycles. The Morgan fingerprint density at radius 2 is 2.29 bits per heavy atom. The Hall–Kier alpha value is -2.71. The maximum atomic E-state index is 12.7. The van der Waals surface area contributed by atoms with Crippen LogP contribution in [0.1, 0.15) is 27.2 Å². The highest BCUT2D eigenvalue weighted by molar-refractivity contribution is 7.20. The van der Waals surface area contributed by atoms with Crippen LogP contribution in [-0.4, -0.2) is 42.2 Å². The standard InChI is InChI=1S/C20H22N4O3S/c1-12-16-18(21-9-13-4-3-5-15(8-13)26-2)22-11-23-20(16)28-17(12)19(25)24-14-6-7-27-10-14/h3-5,8,11,14H,6-7,9-10H2,1-2H3,(H,24,25)(H,21,22,23)/t14-/m0/s1. The molecular formula is C20H22N4O3S. The van der Waals surface area contributed by atoms with E-state index in [1.807, 2.05) is 31.2 Å². The molecule has 0 radical (unpaired) electrons. The van der Waals surface area contributed by atoms with Gasteiger partial charge in [0.1, 0.15) is 22.7 Å². The molecule has 7 nitrogen and oxygen atoms in total. The predicted molar refractivity (Wildman–Crippen MR) is 109 cm³/mol. The molecule has 146 valence electrons. The molecule has 8 heteroatoms. The van der Waals surface area contributed by atoms with Gasteiger partial charge in [-0.15, -0.1) is 11.3 Å². The molecule has 1 saturated heterocycles. The maximum absolute atomic E-state index is 12.7. The van der Waals surface area contributed by atoms with Crippen LogP contribution in [0.2, 0.25) is 0 Å². The van der Waals surface area contributed by atoms with E-state index in [1.54, 1.807) is 7.11 Å². The first-order valence-electron chi connectivity index (χ1n) is 9.15. The summed E-state index contributed by atoms with van der Waals surface area (Å²) in [6.07, 6.45) is 2.38. The van der Waals surface area contributed by atoms with Crippen LogP contribution in [0.5, 0.6) is 5.75 Å². The second-order valence-corrected chi connectivity index (χ2v) is 7.70. The molecule has 1 aliphatic rings. The molecule has 2 aromatic heterocycles. The Balaban J connectivity index is 1.57. The number of nitrogens with one attached hydrogen (secondary N) is 2. The van der Waals surface area contributed by atoms with Gasteiger partial charge in [-0.25, -0.2) is 9.97 Å². The summed E-state index contributed by atoms with van der Waals surface area (Å²) in [5.41, 5.74) is 1.98. The van der Waals surface area contributed by atoms with Crippen LogP contribution >= 0.6 is 11.3 Å². The highest BCUT2D eigenvalue weighted by atomic mass is 32.1. The van der Waals surface area contributed by atoms with Gasteiger partial charge in [-0.3, -0.25) is 4.79 Å². The number of carbonyl (C=O) groups excluding carboxylic acids is 1. The Morgan fingerprint density at radius 3 is 3.07 bits per heavy atom. The van der Waals surface area contributed by atoms with Gasteiger partial charge in [0.15, 0.2) is 0 Å². The van der Waals surface area contributed by atoms with Crippen molar-refractivity contribution in [2.75, 3.05) is 25.6 Å². The third-order valence-corrected chi connectivity index (χ3v) is 5.99. The van der Waals surface area contributed by atoms with Crippen molar-refractivity contribution < 1.29 is 14.3 Å². The first-order chi connectivity index (χ1) is 13.7. The van der Waals surface area contributed by atoms with Crippen molar-refractivity contribution in [1.29, 1.82) is 0 Å². The van der Waals surface area contributed by atoms with E-state index in [4.69, 9.17) is 9.47 Å². The fraction of sp³-hybridized carbons (Fsp3) is 0.350. The molecule has 2 N–H and O–H groups in total. The van der Waals surface area contributed by atoms with Gasteiger partial charge in [0.2, 0.25) is 0 Å². The summed E-state index contributed by atoms with van der Waals surface area (Å²) in [4.78, 5) is 23.0. The third-order valence-electron chi connectivity index (χ3n) is 4.79. The second kappa shape index (κ2) is 8.12. The zero-order chi connectivity index (χ0) is 19.5. The number of carbonyl (C=O) groups is 1. The molecule has 0 saturated carbocycles. The number of anilines is 1. The predicted octanol–water partition coefficient (Wildman–Crippen LogP) is 3.14. The fourth-order valence-electron chi connectivity index (χ4n) is 3.29. The molecule has 4 rings (SSSR count). The minimum absolute atomic E-state index is 0.0743. The van der Waals surface area contributed by atoms with Crippen LogP contribution in [0.25, 0.3) is 10.2 Å². The summed E-state index contributed by atoms with van der Waals surface area (Å²) in [5.74, 6) is 1.47. The van der Waals surface area contributed by atoms with Crippen molar-refractivity contribution in [1.82, 2.24) is 15.3 Å². The second-order valence-electron chi connectivity index (χ2n) is 6.70. The smallest absolute Gasteiger partial charge is 0.262 e.